The highest BCUT2D eigenvalue weighted by molar-refractivity contribution is 6.05. The molecular weight excluding hydrogens is 436 g/mol. The molecule has 6 heteroatoms. The second-order valence-electron chi connectivity index (χ2n) is 8.71. The zero-order valence-electron chi connectivity index (χ0n) is 20.1. The van der Waals surface area contributed by atoms with Crippen LogP contribution >= 0.6 is 0 Å². The van der Waals surface area contributed by atoms with Crippen LogP contribution in [0.15, 0.2) is 96.4 Å². The van der Waals surface area contributed by atoms with E-state index >= 15 is 0 Å². The second kappa shape index (κ2) is 12.0. The number of nitrogens with zero attached hydrogens (tertiary/aromatic N) is 2. The summed E-state index contributed by atoms with van der Waals surface area (Å²) in [6.07, 6.45) is 1.24. The molecule has 2 N–H and O–H groups in total. The van der Waals surface area contributed by atoms with Gasteiger partial charge in [0.05, 0.1) is 0 Å². The molecule has 1 aliphatic heterocycles. The normalized spacial score (nSPS) is 14.7. The molecule has 1 amide bonds. The van der Waals surface area contributed by atoms with Crippen molar-refractivity contribution in [2.45, 2.75) is 20.1 Å². The molecule has 3 aromatic rings. The molecule has 0 unspecified atom stereocenters. The van der Waals surface area contributed by atoms with E-state index in [1.807, 2.05) is 60.7 Å². The number of benzene rings is 3. The maximum Gasteiger partial charge on any atom is 0.293 e. The third kappa shape index (κ3) is 6.80. The summed E-state index contributed by atoms with van der Waals surface area (Å²) < 4.78 is 6.07. The molecule has 0 aliphatic carbocycles. The molecule has 3 aromatic carbocycles. The van der Waals surface area contributed by atoms with Gasteiger partial charge in [0, 0.05) is 44.6 Å². The predicted octanol–water partition coefficient (Wildman–Crippen LogP) is 4.83. The molecule has 180 valence electrons. The van der Waals surface area contributed by atoms with E-state index in [-0.39, 0.29) is 18.3 Å². The Balaban J connectivity index is 1.49. The molecule has 0 saturated carbocycles. The predicted molar refractivity (Wildman–Crippen MR) is 140 cm³/mol. The molecule has 0 spiro atoms. The van der Waals surface area contributed by atoms with Gasteiger partial charge in [0.15, 0.2) is 0 Å². The Bertz CT molecular complexity index is 1150. The number of carbonyl (C=O) groups excluding carboxylic acids is 1. The fourth-order valence-electron chi connectivity index (χ4n) is 4.21. The molecule has 4 rings (SSSR count). The van der Waals surface area contributed by atoms with E-state index in [0.29, 0.717) is 24.5 Å². The van der Waals surface area contributed by atoms with E-state index in [4.69, 9.17) is 10.1 Å². The summed E-state index contributed by atoms with van der Waals surface area (Å²) in [6, 6.07) is 27.6. The average molecular weight is 469 g/mol. The monoisotopic (exact) mass is 468 g/mol. The van der Waals surface area contributed by atoms with Crippen molar-refractivity contribution in [1.82, 2.24) is 9.80 Å². The average Bonchev–Trinajstić information content (AvgIpc) is 2.88. The summed E-state index contributed by atoms with van der Waals surface area (Å²) in [7, 11) is 0. The number of hydrogen-bond acceptors (Lipinski definition) is 5. The molecule has 0 aromatic heterocycles. The third-order valence-electron chi connectivity index (χ3n) is 6.03. The van der Waals surface area contributed by atoms with Crippen molar-refractivity contribution in [1.29, 1.82) is 5.41 Å². The van der Waals surface area contributed by atoms with Gasteiger partial charge in [-0.25, -0.2) is 0 Å². The van der Waals surface area contributed by atoms with Gasteiger partial charge >= 0.3 is 0 Å². The fourth-order valence-corrected chi connectivity index (χ4v) is 4.21. The van der Waals surface area contributed by atoms with Gasteiger partial charge in [0.25, 0.3) is 5.91 Å². The van der Waals surface area contributed by atoms with Crippen LogP contribution in [0.3, 0.4) is 0 Å². The summed E-state index contributed by atoms with van der Waals surface area (Å²) in [6.45, 7) is 6.38. The van der Waals surface area contributed by atoms with Crippen molar-refractivity contribution in [3.05, 3.63) is 113 Å². The lowest BCUT2D eigenvalue weighted by atomic mass is 10.1. The number of carbonyl (C=O) groups is 1. The van der Waals surface area contributed by atoms with Crippen LogP contribution in [0.25, 0.3) is 0 Å². The Morgan fingerprint density at radius 2 is 1.57 bits per heavy atom. The molecule has 1 saturated heterocycles. The Morgan fingerprint density at radius 1 is 0.914 bits per heavy atom. The van der Waals surface area contributed by atoms with Gasteiger partial charge in [-0.05, 0) is 30.2 Å². The van der Waals surface area contributed by atoms with Crippen LogP contribution in [0.4, 0.5) is 5.69 Å². The Hall–Kier alpha value is -3.90. The molecule has 35 heavy (non-hydrogen) atoms. The van der Waals surface area contributed by atoms with Crippen LogP contribution in [-0.4, -0.2) is 48.1 Å². The van der Waals surface area contributed by atoms with Gasteiger partial charge in [-0.15, -0.1) is 0 Å². The summed E-state index contributed by atoms with van der Waals surface area (Å²) in [4.78, 5) is 17.8. The molecule has 1 fully saturated rings. The van der Waals surface area contributed by atoms with Crippen LogP contribution in [0.2, 0.25) is 0 Å². The van der Waals surface area contributed by atoms with Crippen molar-refractivity contribution in [3.63, 3.8) is 0 Å². The topological polar surface area (TPSA) is 68.7 Å². The van der Waals surface area contributed by atoms with Gasteiger partial charge in [0.2, 0.25) is 5.76 Å². The van der Waals surface area contributed by atoms with Gasteiger partial charge in [0.1, 0.15) is 12.3 Å². The smallest absolute Gasteiger partial charge is 0.293 e. The Morgan fingerprint density at radius 3 is 2.23 bits per heavy atom. The zero-order valence-corrected chi connectivity index (χ0v) is 20.1. The van der Waals surface area contributed by atoms with Crippen molar-refractivity contribution < 1.29 is 9.53 Å². The molecule has 1 heterocycles. The Kier molecular flexibility index (Phi) is 8.30. The molecule has 6 nitrogen and oxygen atoms in total. The SMILES string of the molecule is Cc1cccc(CN2CCN(/C(C=N)=C(\OCc3ccccc3)C(=O)Nc3ccccc3)CC2)c1. The van der Waals surface area contributed by atoms with Crippen LogP contribution in [0.5, 0.6) is 0 Å². The minimum atomic E-state index is -0.354. The van der Waals surface area contributed by atoms with Gasteiger partial charge < -0.3 is 20.4 Å². The minimum absolute atomic E-state index is 0.167. The van der Waals surface area contributed by atoms with Crippen LogP contribution in [-0.2, 0) is 22.7 Å². The van der Waals surface area contributed by atoms with Crippen LogP contribution in [0, 0.1) is 12.3 Å². The molecular formula is C29H32N4O2. The summed E-state index contributed by atoms with van der Waals surface area (Å²) in [5, 5.41) is 11.1. The van der Waals surface area contributed by atoms with Crippen molar-refractivity contribution in [3.8, 4) is 0 Å². The van der Waals surface area contributed by atoms with Gasteiger partial charge in [-0.2, -0.15) is 0 Å². The Labute approximate surface area is 207 Å². The van der Waals surface area contributed by atoms with Gasteiger partial charge in [-0.3, -0.25) is 9.69 Å². The summed E-state index contributed by atoms with van der Waals surface area (Å²) >= 11 is 0. The van der Waals surface area contributed by atoms with E-state index in [1.165, 1.54) is 17.3 Å². The van der Waals surface area contributed by atoms with Crippen molar-refractivity contribution in [2.24, 2.45) is 0 Å². The van der Waals surface area contributed by atoms with Crippen molar-refractivity contribution in [2.75, 3.05) is 31.5 Å². The molecule has 0 radical (unpaired) electrons. The second-order valence-corrected chi connectivity index (χ2v) is 8.71. The van der Waals surface area contributed by atoms with E-state index in [9.17, 15) is 4.79 Å². The lowest BCUT2D eigenvalue weighted by Crippen LogP contribution is -2.46. The number of hydrogen-bond donors (Lipinski definition) is 2. The highest BCUT2D eigenvalue weighted by atomic mass is 16.5. The maximum atomic E-state index is 13.3. The lowest BCUT2D eigenvalue weighted by Gasteiger charge is -2.36. The number of anilines is 1. The number of rotatable bonds is 9. The summed E-state index contributed by atoms with van der Waals surface area (Å²) in [5.74, 6) is -0.187. The minimum Gasteiger partial charge on any atom is -0.481 e. The third-order valence-corrected chi connectivity index (χ3v) is 6.03. The zero-order chi connectivity index (χ0) is 24.5. The van der Waals surface area contributed by atoms with Gasteiger partial charge in [-0.1, -0.05) is 78.4 Å². The first-order valence-electron chi connectivity index (χ1n) is 11.9. The standard InChI is InChI=1S/C29H32N4O2/c1-23-9-8-12-25(19-23)21-32-15-17-33(18-16-32)27(20-30)28(35-22-24-10-4-2-5-11-24)29(34)31-26-13-6-3-7-14-26/h2-14,19-20,30H,15-18,21-22H2,1H3,(H,31,34)/b28-27-,30-20?. The quantitative estimate of drug-likeness (QED) is 0.268. The first-order chi connectivity index (χ1) is 17.1. The number of nitrogens with one attached hydrogen (secondary N) is 2. The van der Waals surface area contributed by atoms with E-state index < -0.39 is 0 Å². The van der Waals surface area contributed by atoms with E-state index in [1.54, 1.807) is 0 Å². The fraction of sp³-hybridized carbons (Fsp3) is 0.241. The highest BCUT2D eigenvalue weighted by Gasteiger charge is 2.25. The number of amides is 1. The lowest BCUT2D eigenvalue weighted by molar-refractivity contribution is -0.116. The summed E-state index contributed by atoms with van der Waals surface area (Å²) in [5.41, 5.74) is 4.72. The number of aryl methyl sites for hydroxylation is 1. The van der Waals surface area contributed by atoms with Crippen molar-refractivity contribution >= 4 is 17.8 Å². The maximum absolute atomic E-state index is 13.3. The molecule has 1 aliphatic rings. The number of para-hydroxylation sites is 1. The van der Waals surface area contributed by atoms with Crippen LogP contribution in [0.1, 0.15) is 16.7 Å². The number of piperazine rings is 1. The molecule has 0 bridgehead atoms. The van der Waals surface area contributed by atoms with Crippen LogP contribution < -0.4 is 5.32 Å². The number of ether oxygens (including phenoxy) is 1. The first kappa shape index (κ1) is 24.2. The molecule has 0 atom stereocenters. The van der Waals surface area contributed by atoms with E-state index in [0.717, 1.165) is 25.2 Å². The largest absolute Gasteiger partial charge is 0.481 e. The first-order valence-corrected chi connectivity index (χ1v) is 11.9. The highest BCUT2D eigenvalue weighted by Crippen LogP contribution is 2.19. The number of allylic oxidation sites excluding steroid dienone is 1. The van der Waals surface area contributed by atoms with E-state index in [2.05, 4.69) is 46.3 Å².